The van der Waals surface area contributed by atoms with Gasteiger partial charge in [-0.3, -0.25) is 4.79 Å². The van der Waals surface area contributed by atoms with Crippen LogP contribution in [0.15, 0.2) is 30.3 Å². The zero-order valence-electron chi connectivity index (χ0n) is 9.41. The molecule has 3 N–H and O–H groups in total. The highest BCUT2D eigenvalue weighted by molar-refractivity contribution is 5.94. The summed E-state index contributed by atoms with van der Waals surface area (Å²) in [6.07, 6.45) is 3.40. The Balaban J connectivity index is 1.85. The van der Waals surface area contributed by atoms with Crippen molar-refractivity contribution < 1.29 is 4.79 Å². The van der Waals surface area contributed by atoms with Crippen molar-refractivity contribution in [2.45, 2.75) is 19.3 Å². The van der Waals surface area contributed by atoms with E-state index in [4.69, 9.17) is 5.73 Å². The number of carbonyl (C=O) groups excluding carboxylic acids is 1. The highest BCUT2D eigenvalue weighted by Gasteiger charge is 2.41. The first-order chi connectivity index (χ1) is 7.76. The Hall–Kier alpha value is -1.35. The van der Waals surface area contributed by atoms with Crippen LogP contribution >= 0.6 is 0 Å². The van der Waals surface area contributed by atoms with E-state index in [9.17, 15) is 4.79 Å². The van der Waals surface area contributed by atoms with Gasteiger partial charge in [-0.2, -0.15) is 0 Å². The number of amides is 1. The van der Waals surface area contributed by atoms with Gasteiger partial charge in [0.2, 0.25) is 0 Å². The molecular weight excluding hydrogens is 200 g/mol. The van der Waals surface area contributed by atoms with E-state index in [0.717, 1.165) is 18.5 Å². The van der Waals surface area contributed by atoms with Crippen LogP contribution in [0, 0.1) is 5.41 Å². The quantitative estimate of drug-likeness (QED) is 0.787. The van der Waals surface area contributed by atoms with Gasteiger partial charge in [0.25, 0.3) is 5.91 Å². The van der Waals surface area contributed by atoms with Crippen molar-refractivity contribution in [3.63, 3.8) is 0 Å². The molecule has 0 spiro atoms. The van der Waals surface area contributed by atoms with Crippen molar-refractivity contribution in [1.82, 2.24) is 5.32 Å². The molecule has 86 valence electrons. The van der Waals surface area contributed by atoms with E-state index in [2.05, 4.69) is 5.32 Å². The average Bonchev–Trinajstić information content (AvgIpc) is 3.08. The number of carbonyl (C=O) groups is 1. The summed E-state index contributed by atoms with van der Waals surface area (Å²) in [5, 5.41) is 2.99. The molecule has 0 saturated heterocycles. The van der Waals surface area contributed by atoms with Crippen LogP contribution in [0.4, 0.5) is 0 Å². The lowest BCUT2D eigenvalue weighted by atomic mass is 10.0. The van der Waals surface area contributed by atoms with Gasteiger partial charge in [0.15, 0.2) is 0 Å². The molecule has 16 heavy (non-hydrogen) atoms. The predicted octanol–water partition coefficient (Wildman–Crippen LogP) is 1.55. The number of rotatable bonds is 5. The van der Waals surface area contributed by atoms with E-state index in [1.807, 2.05) is 30.3 Å². The standard InChI is InChI=1S/C13H18N2O/c14-9-8-13(6-7-13)10-15-12(16)11-4-2-1-3-5-11/h1-5H,6-10,14H2,(H,15,16). The summed E-state index contributed by atoms with van der Waals surface area (Å²) in [5.74, 6) is 0.0175. The van der Waals surface area contributed by atoms with E-state index >= 15 is 0 Å². The third-order valence-electron chi connectivity index (χ3n) is 3.29. The minimum Gasteiger partial charge on any atom is -0.351 e. The molecule has 1 fully saturated rings. The minimum absolute atomic E-state index is 0.0175. The maximum absolute atomic E-state index is 11.8. The lowest BCUT2D eigenvalue weighted by Gasteiger charge is -2.14. The van der Waals surface area contributed by atoms with Gasteiger partial charge in [0.05, 0.1) is 0 Å². The van der Waals surface area contributed by atoms with Crippen LogP contribution in [-0.4, -0.2) is 19.0 Å². The number of nitrogens with two attached hydrogens (primary N) is 1. The van der Waals surface area contributed by atoms with Crippen molar-refractivity contribution >= 4 is 5.91 Å². The highest BCUT2D eigenvalue weighted by atomic mass is 16.1. The molecule has 0 radical (unpaired) electrons. The van der Waals surface area contributed by atoms with E-state index in [1.165, 1.54) is 12.8 Å². The second-order valence-corrected chi connectivity index (χ2v) is 4.59. The molecule has 0 aromatic heterocycles. The van der Waals surface area contributed by atoms with Gasteiger partial charge in [0.1, 0.15) is 0 Å². The van der Waals surface area contributed by atoms with Crippen LogP contribution in [-0.2, 0) is 0 Å². The van der Waals surface area contributed by atoms with E-state index in [-0.39, 0.29) is 5.91 Å². The molecule has 1 aromatic carbocycles. The number of hydrogen-bond acceptors (Lipinski definition) is 2. The molecule has 0 unspecified atom stereocenters. The van der Waals surface area contributed by atoms with Crippen LogP contribution in [0.2, 0.25) is 0 Å². The summed E-state index contributed by atoms with van der Waals surface area (Å²) in [7, 11) is 0. The summed E-state index contributed by atoms with van der Waals surface area (Å²) >= 11 is 0. The Morgan fingerprint density at radius 1 is 1.31 bits per heavy atom. The largest absolute Gasteiger partial charge is 0.351 e. The number of hydrogen-bond donors (Lipinski definition) is 2. The Kier molecular flexibility index (Phi) is 3.25. The first-order valence-corrected chi connectivity index (χ1v) is 5.79. The summed E-state index contributed by atoms with van der Waals surface area (Å²) in [6.45, 7) is 1.47. The normalized spacial score (nSPS) is 16.8. The fourth-order valence-electron chi connectivity index (χ4n) is 1.96. The van der Waals surface area contributed by atoms with Crippen LogP contribution in [0.1, 0.15) is 29.6 Å². The van der Waals surface area contributed by atoms with Crippen LogP contribution in [0.3, 0.4) is 0 Å². The maximum atomic E-state index is 11.8. The molecule has 2 rings (SSSR count). The fourth-order valence-corrected chi connectivity index (χ4v) is 1.96. The van der Waals surface area contributed by atoms with Crippen molar-refractivity contribution in [1.29, 1.82) is 0 Å². The highest BCUT2D eigenvalue weighted by Crippen LogP contribution is 2.47. The van der Waals surface area contributed by atoms with Crippen LogP contribution in [0.25, 0.3) is 0 Å². The lowest BCUT2D eigenvalue weighted by molar-refractivity contribution is 0.0944. The van der Waals surface area contributed by atoms with Crippen molar-refractivity contribution in [3.05, 3.63) is 35.9 Å². The SMILES string of the molecule is NCCC1(CNC(=O)c2ccccc2)CC1. The summed E-state index contributed by atoms with van der Waals surface area (Å²) in [6, 6.07) is 9.33. The molecule has 1 aliphatic rings. The monoisotopic (exact) mass is 218 g/mol. The molecule has 3 heteroatoms. The molecule has 1 amide bonds. The topological polar surface area (TPSA) is 55.1 Å². The first-order valence-electron chi connectivity index (χ1n) is 5.79. The van der Waals surface area contributed by atoms with Gasteiger partial charge in [-0.25, -0.2) is 0 Å². The number of nitrogens with one attached hydrogen (secondary N) is 1. The number of benzene rings is 1. The Bertz CT molecular complexity index is 357. The van der Waals surface area contributed by atoms with Crippen molar-refractivity contribution in [2.24, 2.45) is 11.1 Å². The molecule has 1 saturated carbocycles. The Labute approximate surface area is 96.0 Å². The lowest BCUT2D eigenvalue weighted by Crippen LogP contribution is -2.31. The van der Waals surface area contributed by atoms with Gasteiger partial charge in [-0.15, -0.1) is 0 Å². The maximum Gasteiger partial charge on any atom is 0.251 e. The first kappa shape index (κ1) is 11.1. The van der Waals surface area contributed by atoms with E-state index < -0.39 is 0 Å². The minimum atomic E-state index is 0.0175. The molecule has 1 aliphatic carbocycles. The Morgan fingerprint density at radius 2 is 2.00 bits per heavy atom. The molecule has 0 bridgehead atoms. The van der Waals surface area contributed by atoms with Gasteiger partial charge in [0, 0.05) is 12.1 Å². The summed E-state index contributed by atoms with van der Waals surface area (Å²) < 4.78 is 0. The van der Waals surface area contributed by atoms with Gasteiger partial charge < -0.3 is 11.1 Å². The molecule has 0 atom stereocenters. The molecular formula is C13H18N2O. The van der Waals surface area contributed by atoms with Crippen molar-refractivity contribution in [3.8, 4) is 0 Å². The molecule has 0 heterocycles. The Morgan fingerprint density at radius 3 is 2.56 bits per heavy atom. The second-order valence-electron chi connectivity index (χ2n) is 4.59. The smallest absolute Gasteiger partial charge is 0.251 e. The van der Waals surface area contributed by atoms with Gasteiger partial charge >= 0.3 is 0 Å². The zero-order chi connectivity index (χ0) is 11.4. The summed E-state index contributed by atoms with van der Waals surface area (Å²) in [5.41, 5.74) is 6.59. The van der Waals surface area contributed by atoms with Crippen LogP contribution in [0.5, 0.6) is 0 Å². The molecule has 0 aliphatic heterocycles. The van der Waals surface area contributed by atoms with E-state index in [0.29, 0.717) is 12.0 Å². The van der Waals surface area contributed by atoms with Gasteiger partial charge in [-0.1, -0.05) is 18.2 Å². The molecule has 3 nitrogen and oxygen atoms in total. The fraction of sp³-hybridized carbons (Fsp3) is 0.462. The second kappa shape index (κ2) is 4.66. The molecule has 1 aromatic rings. The summed E-state index contributed by atoms with van der Waals surface area (Å²) in [4.78, 5) is 11.8. The average molecular weight is 218 g/mol. The van der Waals surface area contributed by atoms with Crippen LogP contribution < -0.4 is 11.1 Å². The predicted molar refractivity (Wildman–Crippen MR) is 64.1 cm³/mol. The third kappa shape index (κ3) is 2.61. The van der Waals surface area contributed by atoms with Crippen molar-refractivity contribution in [2.75, 3.05) is 13.1 Å². The third-order valence-corrected chi connectivity index (χ3v) is 3.29. The van der Waals surface area contributed by atoms with Gasteiger partial charge in [-0.05, 0) is 43.4 Å². The van der Waals surface area contributed by atoms with E-state index in [1.54, 1.807) is 0 Å². The zero-order valence-corrected chi connectivity index (χ0v) is 9.41.